The van der Waals surface area contributed by atoms with E-state index in [-0.39, 0.29) is 5.97 Å². The molecule has 5 heteroatoms. The molecule has 0 heterocycles. The molecule has 0 spiro atoms. The van der Waals surface area contributed by atoms with E-state index in [0.717, 1.165) is 17.7 Å². The topological polar surface area (TPSA) is 76.7 Å². The summed E-state index contributed by atoms with van der Waals surface area (Å²) >= 11 is 0. The molecule has 0 bridgehead atoms. The third-order valence-corrected chi connectivity index (χ3v) is 4.27. The minimum absolute atomic E-state index is 0.310. The smallest absolute Gasteiger partial charge is 0.338 e. The summed E-state index contributed by atoms with van der Waals surface area (Å²) in [7, 11) is 0. The van der Waals surface area contributed by atoms with Gasteiger partial charge in [-0.05, 0) is 67.1 Å². The molecule has 0 aliphatic heterocycles. The highest BCUT2D eigenvalue weighted by atomic mass is 16.5. The predicted octanol–water partition coefficient (Wildman–Crippen LogP) is 3.28. The fourth-order valence-electron chi connectivity index (χ4n) is 2.97. The molecule has 2 aromatic carbocycles. The Labute approximate surface area is 147 Å². The van der Waals surface area contributed by atoms with Crippen molar-refractivity contribution in [3.05, 3.63) is 64.7 Å². The average molecular weight is 337 g/mol. The lowest BCUT2D eigenvalue weighted by Gasteiger charge is -2.08. The number of anilines is 1. The summed E-state index contributed by atoms with van der Waals surface area (Å²) in [5, 5.41) is 3.14. The monoisotopic (exact) mass is 337 g/mol. The molecule has 0 atom stereocenters. The summed E-state index contributed by atoms with van der Waals surface area (Å²) in [5.74, 6) is 0.0720. The van der Waals surface area contributed by atoms with Gasteiger partial charge in [0.25, 0.3) is 0 Å². The lowest BCUT2D eigenvalue weighted by molar-refractivity contribution is 0.0526. The summed E-state index contributed by atoms with van der Waals surface area (Å²) < 4.78 is 4.97. The Morgan fingerprint density at radius 1 is 1.16 bits per heavy atom. The van der Waals surface area contributed by atoms with Crippen LogP contribution in [-0.4, -0.2) is 18.5 Å². The van der Waals surface area contributed by atoms with Crippen LogP contribution in [-0.2, 0) is 24.1 Å². The number of rotatable bonds is 5. The molecule has 1 aliphatic carbocycles. The Hall–Kier alpha value is -2.82. The minimum atomic E-state index is -0.310. The van der Waals surface area contributed by atoms with Crippen LogP contribution in [0.25, 0.3) is 0 Å². The van der Waals surface area contributed by atoms with Crippen LogP contribution < -0.4 is 11.1 Å². The molecule has 3 rings (SSSR count). The summed E-state index contributed by atoms with van der Waals surface area (Å²) in [6, 6.07) is 13.6. The first kappa shape index (κ1) is 17.0. The zero-order valence-electron chi connectivity index (χ0n) is 14.4. The molecule has 0 radical (unpaired) electrons. The third kappa shape index (κ3) is 4.38. The molecule has 0 amide bonds. The maximum absolute atomic E-state index is 11.6. The van der Waals surface area contributed by atoms with Crippen molar-refractivity contribution in [2.24, 2.45) is 10.7 Å². The number of carbonyl (C=O) groups excluding carboxylic acids is 1. The van der Waals surface area contributed by atoms with Gasteiger partial charge in [-0.15, -0.1) is 0 Å². The highest BCUT2D eigenvalue weighted by Gasteiger charge is 2.11. The van der Waals surface area contributed by atoms with Crippen LogP contribution in [0.3, 0.4) is 0 Å². The van der Waals surface area contributed by atoms with E-state index in [9.17, 15) is 4.79 Å². The SMILES string of the molecule is CCOC(=O)c1ccc(CN=C(N)Nc2ccc3c(c2)CCC3)cc1. The summed E-state index contributed by atoms with van der Waals surface area (Å²) in [6.07, 6.45) is 3.53. The number of nitrogens with two attached hydrogens (primary N) is 1. The molecule has 0 saturated carbocycles. The lowest BCUT2D eigenvalue weighted by atomic mass is 10.1. The second-order valence-corrected chi connectivity index (χ2v) is 6.08. The zero-order valence-corrected chi connectivity index (χ0v) is 14.4. The Bertz CT molecular complexity index is 782. The number of aliphatic imine (C=N–C) groups is 1. The van der Waals surface area contributed by atoms with E-state index < -0.39 is 0 Å². The Balaban J connectivity index is 1.58. The van der Waals surface area contributed by atoms with Crippen molar-refractivity contribution in [3.63, 3.8) is 0 Å². The number of nitrogens with zero attached hydrogens (tertiary/aromatic N) is 1. The molecule has 1 aliphatic rings. The first-order valence-corrected chi connectivity index (χ1v) is 8.60. The van der Waals surface area contributed by atoms with Crippen LogP contribution in [0.5, 0.6) is 0 Å². The van der Waals surface area contributed by atoms with Crippen LogP contribution in [0, 0.1) is 0 Å². The zero-order chi connectivity index (χ0) is 17.6. The van der Waals surface area contributed by atoms with Gasteiger partial charge in [0.15, 0.2) is 5.96 Å². The van der Waals surface area contributed by atoms with Crippen molar-refractivity contribution in [2.75, 3.05) is 11.9 Å². The van der Waals surface area contributed by atoms with Crippen molar-refractivity contribution < 1.29 is 9.53 Å². The highest BCUT2D eigenvalue weighted by Crippen LogP contribution is 2.24. The van der Waals surface area contributed by atoms with Gasteiger partial charge in [0, 0.05) is 5.69 Å². The van der Waals surface area contributed by atoms with E-state index in [1.165, 1.54) is 24.0 Å². The van der Waals surface area contributed by atoms with Crippen molar-refractivity contribution in [1.82, 2.24) is 0 Å². The van der Waals surface area contributed by atoms with Gasteiger partial charge >= 0.3 is 5.97 Å². The van der Waals surface area contributed by atoms with E-state index in [2.05, 4.69) is 22.4 Å². The number of guanidine groups is 1. The molecule has 2 aromatic rings. The van der Waals surface area contributed by atoms with Gasteiger partial charge in [-0.2, -0.15) is 0 Å². The van der Waals surface area contributed by atoms with E-state index >= 15 is 0 Å². The van der Waals surface area contributed by atoms with E-state index in [1.54, 1.807) is 19.1 Å². The second kappa shape index (κ2) is 7.83. The van der Waals surface area contributed by atoms with Crippen molar-refractivity contribution in [3.8, 4) is 0 Å². The minimum Gasteiger partial charge on any atom is -0.462 e. The number of ether oxygens (including phenoxy) is 1. The standard InChI is InChI=1S/C20H23N3O2/c1-2-25-19(24)16-8-6-14(7-9-16)13-22-20(21)23-18-11-10-15-4-3-5-17(15)12-18/h6-12H,2-5,13H2,1H3,(H3,21,22,23). The summed E-state index contributed by atoms with van der Waals surface area (Å²) in [4.78, 5) is 16.0. The maximum Gasteiger partial charge on any atom is 0.338 e. The van der Waals surface area contributed by atoms with Crippen molar-refractivity contribution >= 4 is 17.6 Å². The number of hydrogen-bond donors (Lipinski definition) is 2. The van der Waals surface area contributed by atoms with Crippen LogP contribution in [0.1, 0.15) is 40.4 Å². The molecule has 3 N–H and O–H groups in total. The molecule has 0 unspecified atom stereocenters. The fourth-order valence-corrected chi connectivity index (χ4v) is 2.97. The summed E-state index contributed by atoms with van der Waals surface area (Å²) in [5.41, 5.74) is 11.3. The normalized spacial score (nSPS) is 13.4. The number of benzene rings is 2. The van der Waals surface area contributed by atoms with Gasteiger partial charge in [0.1, 0.15) is 0 Å². The van der Waals surface area contributed by atoms with Gasteiger partial charge in [-0.3, -0.25) is 0 Å². The highest BCUT2D eigenvalue weighted by molar-refractivity contribution is 5.92. The third-order valence-electron chi connectivity index (χ3n) is 4.27. The van der Waals surface area contributed by atoms with E-state index in [4.69, 9.17) is 10.5 Å². The summed E-state index contributed by atoms with van der Waals surface area (Å²) in [6.45, 7) is 2.61. The average Bonchev–Trinajstić information content (AvgIpc) is 3.08. The number of esters is 1. The first-order valence-electron chi connectivity index (χ1n) is 8.60. The van der Waals surface area contributed by atoms with Crippen LogP contribution in [0.15, 0.2) is 47.5 Å². The number of fused-ring (bicyclic) bond motifs is 1. The lowest BCUT2D eigenvalue weighted by Crippen LogP contribution is -2.22. The van der Waals surface area contributed by atoms with Gasteiger partial charge in [0.05, 0.1) is 18.7 Å². The largest absolute Gasteiger partial charge is 0.462 e. The Morgan fingerprint density at radius 2 is 1.92 bits per heavy atom. The van der Waals surface area contributed by atoms with Gasteiger partial charge in [0.2, 0.25) is 0 Å². The van der Waals surface area contributed by atoms with E-state index in [1.807, 2.05) is 18.2 Å². The molecule has 0 saturated heterocycles. The van der Waals surface area contributed by atoms with Crippen LogP contribution in [0.2, 0.25) is 0 Å². The van der Waals surface area contributed by atoms with E-state index in [0.29, 0.717) is 24.7 Å². The van der Waals surface area contributed by atoms with Crippen molar-refractivity contribution in [2.45, 2.75) is 32.7 Å². The molecular weight excluding hydrogens is 314 g/mol. The second-order valence-electron chi connectivity index (χ2n) is 6.08. The fraction of sp³-hybridized carbons (Fsp3) is 0.300. The molecule has 5 nitrogen and oxygen atoms in total. The van der Waals surface area contributed by atoms with Gasteiger partial charge in [-0.25, -0.2) is 9.79 Å². The number of nitrogens with one attached hydrogen (secondary N) is 1. The molecular formula is C20H23N3O2. The Morgan fingerprint density at radius 3 is 2.68 bits per heavy atom. The number of aryl methyl sites for hydroxylation is 2. The molecule has 0 aromatic heterocycles. The molecule has 25 heavy (non-hydrogen) atoms. The molecule has 130 valence electrons. The predicted molar refractivity (Wildman–Crippen MR) is 99.8 cm³/mol. The number of hydrogen-bond acceptors (Lipinski definition) is 3. The maximum atomic E-state index is 11.6. The number of carbonyl (C=O) groups is 1. The molecule has 0 fully saturated rings. The van der Waals surface area contributed by atoms with Crippen LogP contribution in [0.4, 0.5) is 5.69 Å². The Kier molecular flexibility index (Phi) is 5.33. The quantitative estimate of drug-likeness (QED) is 0.499. The van der Waals surface area contributed by atoms with Gasteiger partial charge in [-0.1, -0.05) is 18.2 Å². The first-order chi connectivity index (χ1) is 12.2. The van der Waals surface area contributed by atoms with Crippen molar-refractivity contribution in [1.29, 1.82) is 0 Å². The van der Waals surface area contributed by atoms with Gasteiger partial charge < -0.3 is 15.8 Å². The van der Waals surface area contributed by atoms with Crippen LogP contribution >= 0.6 is 0 Å².